The molecule has 0 saturated carbocycles. The third-order valence-corrected chi connectivity index (χ3v) is 2.96. The fourth-order valence-corrected chi connectivity index (χ4v) is 2.03. The highest BCUT2D eigenvalue weighted by molar-refractivity contribution is 5.75. The lowest BCUT2D eigenvalue weighted by Crippen LogP contribution is -2.33. The highest BCUT2D eigenvalue weighted by Gasteiger charge is 2.22. The monoisotopic (exact) mass is 265 g/mol. The topological polar surface area (TPSA) is 58.6 Å². The maximum Gasteiger partial charge on any atom is 0.325 e. The maximum atomic E-state index is 11.4. The van der Waals surface area contributed by atoms with Gasteiger partial charge in [-0.3, -0.25) is 10.1 Å². The van der Waals surface area contributed by atoms with E-state index >= 15 is 0 Å². The molecule has 0 aliphatic rings. The first-order valence-corrected chi connectivity index (χ1v) is 6.53. The van der Waals surface area contributed by atoms with E-state index in [0.717, 1.165) is 16.9 Å². The van der Waals surface area contributed by atoms with E-state index in [-0.39, 0.29) is 12.0 Å². The van der Waals surface area contributed by atoms with E-state index in [1.807, 2.05) is 26.0 Å². The van der Waals surface area contributed by atoms with Crippen molar-refractivity contribution in [2.75, 3.05) is 7.11 Å². The summed E-state index contributed by atoms with van der Waals surface area (Å²) in [5.41, 5.74) is 1.78. The van der Waals surface area contributed by atoms with E-state index in [2.05, 4.69) is 19.2 Å². The molecule has 0 fully saturated rings. The highest BCUT2D eigenvalue weighted by atomic mass is 16.5. The zero-order chi connectivity index (χ0) is 14.6. The molecule has 0 aliphatic carbocycles. The van der Waals surface area contributed by atoms with Gasteiger partial charge in [-0.25, -0.2) is 0 Å². The van der Waals surface area contributed by atoms with Crippen molar-refractivity contribution in [1.82, 2.24) is 5.32 Å². The van der Waals surface area contributed by atoms with E-state index in [9.17, 15) is 9.90 Å². The minimum Gasteiger partial charge on any atom is -0.496 e. The van der Waals surface area contributed by atoms with Gasteiger partial charge < -0.3 is 9.84 Å². The quantitative estimate of drug-likeness (QED) is 0.830. The minimum atomic E-state index is -0.867. The summed E-state index contributed by atoms with van der Waals surface area (Å²) in [6, 6.07) is 4.97. The molecule has 0 heterocycles. The largest absolute Gasteiger partial charge is 0.496 e. The molecule has 0 saturated heterocycles. The predicted octanol–water partition coefficient (Wildman–Crippen LogP) is 2.94. The summed E-state index contributed by atoms with van der Waals surface area (Å²) in [5.74, 6) is 0.212. The normalized spacial score (nSPS) is 12.8. The number of methoxy groups -OCH3 is 1. The zero-order valence-electron chi connectivity index (χ0n) is 12.2. The van der Waals surface area contributed by atoms with Crippen molar-refractivity contribution in [2.45, 2.75) is 45.7 Å². The van der Waals surface area contributed by atoms with Gasteiger partial charge in [0.15, 0.2) is 0 Å². The lowest BCUT2D eigenvalue weighted by molar-refractivity contribution is -0.139. The molecule has 4 heteroatoms. The number of rotatable bonds is 6. The number of ether oxygens (including phenoxy) is 1. The van der Waals surface area contributed by atoms with Crippen LogP contribution in [0.3, 0.4) is 0 Å². The number of benzene rings is 1. The van der Waals surface area contributed by atoms with E-state index in [4.69, 9.17) is 4.74 Å². The molecule has 4 nitrogen and oxygen atoms in total. The van der Waals surface area contributed by atoms with Crippen molar-refractivity contribution in [1.29, 1.82) is 0 Å². The van der Waals surface area contributed by atoms with Gasteiger partial charge in [0.1, 0.15) is 11.8 Å². The summed E-state index contributed by atoms with van der Waals surface area (Å²) in [5, 5.41) is 12.4. The maximum absolute atomic E-state index is 11.4. The SMILES string of the molecule is COc1ccc(C(NC(C)C)C(=O)O)cc1C(C)C. The van der Waals surface area contributed by atoms with Crippen LogP contribution in [0, 0.1) is 0 Å². The summed E-state index contributed by atoms with van der Waals surface area (Å²) in [6.07, 6.45) is 0. The molecule has 0 aromatic heterocycles. The lowest BCUT2D eigenvalue weighted by atomic mass is 9.96. The van der Waals surface area contributed by atoms with Crippen LogP contribution in [0.15, 0.2) is 18.2 Å². The van der Waals surface area contributed by atoms with E-state index in [0.29, 0.717) is 0 Å². The first kappa shape index (κ1) is 15.5. The first-order chi connectivity index (χ1) is 8.86. The van der Waals surface area contributed by atoms with Gasteiger partial charge in [0.05, 0.1) is 7.11 Å². The van der Waals surface area contributed by atoms with Gasteiger partial charge in [-0.1, -0.05) is 19.9 Å². The molecule has 1 unspecified atom stereocenters. The summed E-state index contributed by atoms with van der Waals surface area (Å²) < 4.78 is 5.32. The van der Waals surface area contributed by atoms with Crippen LogP contribution >= 0.6 is 0 Å². The summed E-state index contributed by atoms with van der Waals surface area (Å²) in [7, 11) is 1.63. The van der Waals surface area contributed by atoms with Crippen molar-refractivity contribution in [3.63, 3.8) is 0 Å². The van der Waals surface area contributed by atoms with Gasteiger partial charge in [0.25, 0.3) is 0 Å². The van der Waals surface area contributed by atoms with Crippen molar-refractivity contribution in [2.24, 2.45) is 0 Å². The van der Waals surface area contributed by atoms with E-state index in [1.165, 1.54) is 0 Å². The molecule has 0 radical (unpaired) electrons. The van der Waals surface area contributed by atoms with Crippen LogP contribution in [-0.2, 0) is 4.79 Å². The van der Waals surface area contributed by atoms with Crippen LogP contribution in [0.1, 0.15) is 50.8 Å². The number of hydrogen-bond donors (Lipinski definition) is 2. The first-order valence-electron chi connectivity index (χ1n) is 6.53. The number of nitrogens with one attached hydrogen (secondary N) is 1. The van der Waals surface area contributed by atoms with Crippen molar-refractivity contribution in [3.05, 3.63) is 29.3 Å². The number of hydrogen-bond acceptors (Lipinski definition) is 3. The second kappa shape index (κ2) is 6.57. The van der Waals surface area contributed by atoms with Crippen LogP contribution in [-0.4, -0.2) is 24.2 Å². The van der Waals surface area contributed by atoms with Gasteiger partial charge >= 0.3 is 5.97 Å². The fourth-order valence-electron chi connectivity index (χ4n) is 2.03. The average molecular weight is 265 g/mol. The van der Waals surface area contributed by atoms with E-state index < -0.39 is 12.0 Å². The summed E-state index contributed by atoms with van der Waals surface area (Å²) >= 11 is 0. The molecule has 106 valence electrons. The lowest BCUT2D eigenvalue weighted by Gasteiger charge is -2.20. The number of carbonyl (C=O) groups is 1. The Morgan fingerprint density at radius 3 is 2.32 bits per heavy atom. The Balaban J connectivity index is 3.17. The molecule has 0 aliphatic heterocycles. The standard InChI is InChI=1S/C15H23NO3/c1-9(2)12-8-11(6-7-13(12)19-5)14(15(17)18)16-10(3)4/h6-10,14,16H,1-5H3,(H,17,18). The predicted molar refractivity (Wildman–Crippen MR) is 75.7 cm³/mol. The number of carboxylic acids is 1. The minimum absolute atomic E-state index is 0.103. The smallest absolute Gasteiger partial charge is 0.325 e. The Morgan fingerprint density at radius 2 is 1.89 bits per heavy atom. The molecule has 1 atom stereocenters. The molecule has 1 rings (SSSR count). The summed E-state index contributed by atoms with van der Waals surface area (Å²) in [4.78, 5) is 11.4. The molecule has 1 aromatic rings. The van der Waals surface area contributed by atoms with Gasteiger partial charge in [0.2, 0.25) is 0 Å². The molecule has 1 aromatic carbocycles. The van der Waals surface area contributed by atoms with Gasteiger partial charge in [-0.2, -0.15) is 0 Å². The van der Waals surface area contributed by atoms with Crippen LogP contribution in [0.2, 0.25) is 0 Å². The van der Waals surface area contributed by atoms with Crippen LogP contribution in [0.25, 0.3) is 0 Å². The van der Waals surface area contributed by atoms with Gasteiger partial charge in [0, 0.05) is 6.04 Å². The van der Waals surface area contributed by atoms with Crippen LogP contribution < -0.4 is 10.1 Å². The highest BCUT2D eigenvalue weighted by Crippen LogP contribution is 2.29. The Morgan fingerprint density at radius 1 is 1.26 bits per heavy atom. The molecule has 0 bridgehead atoms. The van der Waals surface area contributed by atoms with Crippen molar-refractivity contribution in [3.8, 4) is 5.75 Å². The number of aliphatic carboxylic acids is 1. The molecule has 0 spiro atoms. The van der Waals surface area contributed by atoms with Crippen LogP contribution in [0.4, 0.5) is 0 Å². The van der Waals surface area contributed by atoms with Crippen molar-refractivity contribution >= 4 is 5.97 Å². The number of carboxylic acid groups (broad SMARTS) is 1. The second-order valence-electron chi connectivity index (χ2n) is 5.25. The van der Waals surface area contributed by atoms with E-state index in [1.54, 1.807) is 13.2 Å². The second-order valence-corrected chi connectivity index (χ2v) is 5.25. The molecule has 0 amide bonds. The Labute approximate surface area is 114 Å². The third kappa shape index (κ3) is 3.96. The fraction of sp³-hybridized carbons (Fsp3) is 0.533. The molecule has 19 heavy (non-hydrogen) atoms. The van der Waals surface area contributed by atoms with Gasteiger partial charge in [-0.05, 0) is 43.0 Å². The van der Waals surface area contributed by atoms with Crippen LogP contribution in [0.5, 0.6) is 5.75 Å². The molecule has 2 N–H and O–H groups in total. The Hall–Kier alpha value is -1.55. The van der Waals surface area contributed by atoms with Gasteiger partial charge in [-0.15, -0.1) is 0 Å². The molecular formula is C15H23NO3. The summed E-state index contributed by atoms with van der Waals surface area (Å²) in [6.45, 7) is 7.99. The molecular weight excluding hydrogens is 242 g/mol. The average Bonchev–Trinajstić information content (AvgIpc) is 2.34. The zero-order valence-corrected chi connectivity index (χ0v) is 12.2. The van der Waals surface area contributed by atoms with Crippen molar-refractivity contribution < 1.29 is 14.6 Å². The third-order valence-electron chi connectivity index (χ3n) is 2.96. The Bertz CT molecular complexity index is 441. The Kier molecular flexibility index (Phi) is 5.36.